The molecule has 0 amide bonds. The second kappa shape index (κ2) is 5.71. The van der Waals surface area contributed by atoms with Gasteiger partial charge in [-0.05, 0) is 0 Å². The summed E-state index contributed by atoms with van der Waals surface area (Å²) in [5, 5.41) is 9.73. The number of hydrogen-bond acceptors (Lipinski definition) is 6. The topological polar surface area (TPSA) is 75.8 Å². The Labute approximate surface area is 112 Å². The van der Waals surface area contributed by atoms with Crippen molar-refractivity contribution in [1.29, 1.82) is 0 Å². The molecule has 0 saturated carbocycles. The highest BCUT2D eigenvalue weighted by atomic mass is 16.5. The highest BCUT2D eigenvalue weighted by molar-refractivity contribution is 5.76. The summed E-state index contributed by atoms with van der Waals surface area (Å²) in [6.07, 6.45) is 1.32. The van der Waals surface area contributed by atoms with E-state index in [0.717, 1.165) is 11.5 Å². The van der Waals surface area contributed by atoms with Crippen molar-refractivity contribution in [2.75, 3.05) is 13.7 Å². The molecule has 0 spiro atoms. The molecule has 106 valence electrons. The number of carbonyl (C=O) groups is 1. The maximum atomic E-state index is 11.7. The fraction of sp³-hybridized carbons (Fsp3) is 0.692. The molecule has 1 aromatic heterocycles. The van der Waals surface area contributed by atoms with Gasteiger partial charge in [-0.25, -0.2) is 4.98 Å². The number of ether oxygens (including phenoxy) is 1. The Morgan fingerprint density at radius 1 is 1.68 bits per heavy atom. The Morgan fingerprint density at radius 3 is 3.05 bits per heavy atom. The average molecular weight is 268 g/mol. The third-order valence-electron chi connectivity index (χ3n) is 3.40. The zero-order chi connectivity index (χ0) is 14.0. The summed E-state index contributed by atoms with van der Waals surface area (Å²) in [6, 6.07) is -0.406. The van der Waals surface area contributed by atoms with Crippen LogP contribution in [0.5, 0.6) is 0 Å². The van der Waals surface area contributed by atoms with Crippen LogP contribution in [-0.2, 0) is 16.1 Å². The highest BCUT2D eigenvalue weighted by Gasteiger charge is 2.37. The maximum Gasteiger partial charge on any atom is 0.323 e. The first-order valence-corrected chi connectivity index (χ1v) is 6.45. The first kappa shape index (κ1) is 14.0. The van der Waals surface area contributed by atoms with E-state index in [-0.39, 0.29) is 11.9 Å². The summed E-state index contributed by atoms with van der Waals surface area (Å²) in [7, 11) is 1.36. The molecule has 2 atom stereocenters. The molecule has 0 aliphatic carbocycles. The van der Waals surface area contributed by atoms with Gasteiger partial charge in [-0.2, -0.15) is 0 Å². The molecular formula is C13H20N2O4. The summed E-state index contributed by atoms with van der Waals surface area (Å²) in [5.74, 6) is 0.748. The lowest BCUT2D eigenvalue weighted by Gasteiger charge is -2.21. The molecule has 19 heavy (non-hydrogen) atoms. The van der Waals surface area contributed by atoms with E-state index < -0.39 is 12.1 Å². The van der Waals surface area contributed by atoms with Crippen LogP contribution < -0.4 is 0 Å². The van der Waals surface area contributed by atoms with Crippen LogP contribution in [0.4, 0.5) is 0 Å². The lowest BCUT2D eigenvalue weighted by atomic mass is 10.1. The molecule has 2 unspecified atom stereocenters. The Hall–Kier alpha value is -1.40. The number of nitrogens with zero attached hydrogens (tertiary/aromatic N) is 2. The van der Waals surface area contributed by atoms with Crippen LogP contribution >= 0.6 is 0 Å². The molecule has 2 heterocycles. The fourth-order valence-electron chi connectivity index (χ4n) is 2.49. The molecule has 0 aromatic carbocycles. The molecule has 6 nitrogen and oxygen atoms in total. The predicted octanol–water partition coefficient (Wildman–Crippen LogP) is 0.906. The molecular weight excluding hydrogens is 248 g/mol. The van der Waals surface area contributed by atoms with E-state index in [9.17, 15) is 9.90 Å². The van der Waals surface area contributed by atoms with Crippen LogP contribution in [0.2, 0.25) is 0 Å². The van der Waals surface area contributed by atoms with Gasteiger partial charge in [0.2, 0.25) is 0 Å². The van der Waals surface area contributed by atoms with Crippen molar-refractivity contribution >= 4 is 5.97 Å². The molecule has 1 fully saturated rings. The summed E-state index contributed by atoms with van der Waals surface area (Å²) in [5.41, 5.74) is 0.818. The number of rotatable bonds is 4. The number of esters is 1. The number of carbonyl (C=O) groups excluding carboxylic acids is 1. The van der Waals surface area contributed by atoms with Gasteiger partial charge >= 0.3 is 5.97 Å². The van der Waals surface area contributed by atoms with E-state index in [1.165, 1.54) is 13.5 Å². The minimum atomic E-state index is -0.501. The molecule has 1 aliphatic heterocycles. The summed E-state index contributed by atoms with van der Waals surface area (Å²) >= 11 is 0. The van der Waals surface area contributed by atoms with Crippen molar-refractivity contribution in [3.05, 3.63) is 17.8 Å². The van der Waals surface area contributed by atoms with Crippen molar-refractivity contribution in [2.24, 2.45) is 0 Å². The van der Waals surface area contributed by atoms with E-state index in [2.05, 4.69) is 4.98 Å². The van der Waals surface area contributed by atoms with Gasteiger partial charge in [0.25, 0.3) is 0 Å². The first-order valence-electron chi connectivity index (χ1n) is 6.45. The van der Waals surface area contributed by atoms with Gasteiger partial charge in [0.15, 0.2) is 6.39 Å². The minimum absolute atomic E-state index is 0.238. The molecule has 1 aliphatic rings. The predicted molar refractivity (Wildman–Crippen MR) is 67.4 cm³/mol. The van der Waals surface area contributed by atoms with Gasteiger partial charge in [-0.15, -0.1) is 0 Å². The Morgan fingerprint density at radius 2 is 2.42 bits per heavy atom. The van der Waals surface area contributed by atoms with Crippen molar-refractivity contribution in [2.45, 2.75) is 44.9 Å². The number of β-amino-alcohol motifs (C(OH)–C–C–N with tert-alkyl or cyclic N) is 1. The number of aliphatic hydroxyl groups is 1. The normalized spacial score (nSPS) is 24.1. The number of oxazole rings is 1. The lowest BCUT2D eigenvalue weighted by Crippen LogP contribution is -2.36. The number of aliphatic hydroxyl groups excluding tert-OH is 1. The quantitative estimate of drug-likeness (QED) is 0.818. The second-order valence-electron chi connectivity index (χ2n) is 5.18. The van der Waals surface area contributed by atoms with Crippen molar-refractivity contribution in [3.63, 3.8) is 0 Å². The number of aromatic nitrogens is 1. The SMILES string of the molecule is COC(=O)C1CC(O)CN1Cc1ncoc1C(C)C. The van der Waals surface area contributed by atoms with Crippen LogP contribution in [0.15, 0.2) is 10.8 Å². The van der Waals surface area contributed by atoms with Gasteiger partial charge < -0.3 is 14.3 Å². The minimum Gasteiger partial charge on any atom is -0.468 e. The van der Waals surface area contributed by atoms with Crippen LogP contribution in [0, 0.1) is 0 Å². The van der Waals surface area contributed by atoms with Gasteiger partial charge in [-0.1, -0.05) is 13.8 Å². The van der Waals surface area contributed by atoms with E-state index in [4.69, 9.17) is 9.15 Å². The fourth-order valence-corrected chi connectivity index (χ4v) is 2.49. The van der Waals surface area contributed by atoms with Crippen molar-refractivity contribution in [3.8, 4) is 0 Å². The van der Waals surface area contributed by atoms with E-state index in [1.54, 1.807) is 0 Å². The van der Waals surface area contributed by atoms with Crippen molar-refractivity contribution in [1.82, 2.24) is 9.88 Å². The average Bonchev–Trinajstić information content (AvgIpc) is 2.95. The molecule has 6 heteroatoms. The second-order valence-corrected chi connectivity index (χ2v) is 5.18. The van der Waals surface area contributed by atoms with Crippen LogP contribution in [-0.4, -0.2) is 46.8 Å². The van der Waals surface area contributed by atoms with Gasteiger partial charge in [0.1, 0.15) is 11.8 Å². The van der Waals surface area contributed by atoms with E-state index in [0.29, 0.717) is 19.5 Å². The Balaban J connectivity index is 2.12. The van der Waals surface area contributed by atoms with E-state index in [1.807, 2.05) is 18.7 Å². The first-order chi connectivity index (χ1) is 9.02. The van der Waals surface area contributed by atoms with Crippen LogP contribution in [0.3, 0.4) is 0 Å². The molecule has 1 saturated heterocycles. The van der Waals surface area contributed by atoms with Gasteiger partial charge in [-0.3, -0.25) is 9.69 Å². The largest absolute Gasteiger partial charge is 0.468 e. The summed E-state index contributed by atoms with van der Waals surface area (Å²) < 4.78 is 10.1. The highest BCUT2D eigenvalue weighted by Crippen LogP contribution is 2.25. The third kappa shape index (κ3) is 2.96. The molecule has 0 bridgehead atoms. The molecule has 1 aromatic rings. The van der Waals surface area contributed by atoms with Crippen molar-refractivity contribution < 1.29 is 19.1 Å². The number of hydrogen-bond donors (Lipinski definition) is 1. The standard InChI is InChI=1S/C13H20N2O4/c1-8(2)12-10(14-7-19-12)6-15-5-9(16)4-11(15)13(17)18-3/h7-9,11,16H,4-6H2,1-3H3. The lowest BCUT2D eigenvalue weighted by molar-refractivity contribution is -0.146. The molecule has 2 rings (SSSR count). The number of likely N-dealkylation sites (tertiary alicyclic amines) is 1. The molecule has 1 N–H and O–H groups in total. The number of methoxy groups -OCH3 is 1. The Kier molecular flexibility index (Phi) is 4.21. The zero-order valence-electron chi connectivity index (χ0n) is 11.5. The molecule has 0 radical (unpaired) electrons. The monoisotopic (exact) mass is 268 g/mol. The smallest absolute Gasteiger partial charge is 0.323 e. The van der Waals surface area contributed by atoms with Crippen LogP contribution in [0.1, 0.15) is 37.6 Å². The summed E-state index contributed by atoms with van der Waals surface area (Å²) in [6.45, 7) is 4.99. The summed E-state index contributed by atoms with van der Waals surface area (Å²) in [4.78, 5) is 17.8. The third-order valence-corrected chi connectivity index (χ3v) is 3.40. The van der Waals surface area contributed by atoms with Gasteiger partial charge in [0, 0.05) is 25.4 Å². The van der Waals surface area contributed by atoms with E-state index >= 15 is 0 Å². The van der Waals surface area contributed by atoms with Crippen LogP contribution in [0.25, 0.3) is 0 Å². The maximum absolute atomic E-state index is 11.7. The van der Waals surface area contributed by atoms with Gasteiger partial charge in [0.05, 0.1) is 18.9 Å². The zero-order valence-corrected chi connectivity index (χ0v) is 11.5. The Bertz CT molecular complexity index is 444.